The van der Waals surface area contributed by atoms with Crippen LogP contribution < -0.4 is 9.21 Å². The summed E-state index contributed by atoms with van der Waals surface area (Å²) in [4.78, 5) is 6.42. The molecule has 6 nitrogen and oxygen atoms in total. The molecule has 1 saturated heterocycles. The van der Waals surface area contributed by atoms with E-state index in [2.05, 4.69) is 4.98 Å². The third-order valence-corrected chi connectivity index (χ3v) is 7.35. The second-order valence-electron chi connectivity index (χ2n) is 7.47. The smallest absolute Gasteiger partial charge is 0.265 e. The topological polar surface area (TPSA) is 73.7 Å². The minimum Gasteiger partial charge on any atom is -0.391 e. The van der Waals surface area contributed by atoms with E-state index in [1.54, 1.807) is 49.4 Å². The van der Waals surface area contributed by atoms with Gasteiger partial charge < -0.3 is 10.0 Å². The van der Waals surface area contributed by atoms with Gasteiger partial charge in [0.15, 0.2) is 0 Å². The first-order chi connectivity index (χ1) is 14.9. The lowest BCUT2D eigenvalue weighted by Gasteiger charge is -2.26. The van der Waals surface area contributed by atoms with Gasteiger partial charge in [-0.2, -0.15) is 0 Å². The van der Waals surface area contributed by atoms with Crippen LogP contribution in [0.1, 0.15) is 24.9 Å². The number of aliphatic hydroxyl groups excluding tert-OH is 1. The summed E-state index contributed by atoms with van der Waals surface area (Å²) in [6.45, 7) is 2.44. The zero-order chi connectivity index (χ0) is 22.0. The van der Waals surface area contributed by atoms with Crippen LogP contribution in [0.4, 0.5) is 15.9 Å². The molecule has 2 heterocycles. The van der Waals surface area contributed by atoms with E-state index in [9.17, 15) is 17.9 Å². The van der Waals surface area contributed by atoms with Crippen molar-refractivity contribution in [3.8, 4) is 0 Å². The highest BCUT2D eigenvalue weighted by molar-refractivity contribution is 7.92. The monoisotopic (exact) mass is 441 g/mol. The molecule has 0 unspecified atom stereocenters. The fraction of sp³-hybridized carbons (Fsp3) is 0.261. The predicted molar refractivity (Wildman–Crippen MR) is 118 cm³/mol. The van der Waals surface area contributed by atoms with Crippen LogP contribution in [0.25, 0.3) is 0 Å². The summed E-state index contributed by atoms with van der Waals surface area (Å²) in [7, 11) is -3.76. The van der Waals surface area contributed by atoms with Gasteiger partial charge in [0.05, 0.1) is 17.8 Å². The Hall–Kier alpha value is -2.97. The van der Waals surface area contributed by atoms with Crippen molar-refractivity contribution in [1.82, 2.24) is 4.98 Å². The Morgan fingerprint density at radius 2 is 1.81 bits per heavy atom. The summed E-state index contributed by atoms with van der Waals surface area (Å²) in [5.74, 6) is 0.244. The number of aromatic nitrogens is 1. The molecule has 162 valence electrons. The Morgan fingerprint density at radius 1 is 1.10 bits per heavy atom. The first kappa shape index (κ1) is 21.3. The number of rotatable bonds is 6. The van der Waals surface area contributed by atoms with E-state index < -0.39 is 16.1 Å². The number of pyridine rings is 1. The Morgan fingerprint density at radius 3 is 2.42 bits per heavy atom. The molecular formula is C23H24FN3O3S. The van der Waals surface area contributed by atoms with Crippen molar-refractivity contribution in [3.63, 3.8) is 0 Å². The summed E-state index contributed by atoms with van der Waals surface area (Å²) in [6.07, 6.45) is 1.29. The van der Waals surface area contributed by atoms with Crippen molar-refractivity contribution in [3.05, 3.63) is 84.3 Å². The van der Waals surface area contributed by atoms with E-state index in [1.807, 2.05) is 11.0 Å². The van der Waals surface area contributed by atoms with Crippen LogP contribution in [0.3, 0.4) is 0 Å². The highest BCUT2D eigenvalue weighted by atomic mass is 32.2. The first-order valence-electron chi connectivity index (χ1n) is 10.1. The fourth-order valence-corrected chi connectivity index (χ4v) is 5.40. The number of anilines is 2. The number of hydrogen-bond donors (Lipinski definition) is 1. The number of benzene rings is 2. The Balaban J connectivity index is 1.62. The molecule has 0 amide bonds. The van der Waals surface area contributed by atoms with Crippen LogP contribution in [-0.4, -0.2) is 37.7 Å². The van der Waals surface area contributed by atoms with Crippen LogP contribution in [0.5, 0.6) is 0 Å². The Bertz CT molecular complexity index is 1120. The van der Waals surface area contributed by atoms with Crippen molar-refractivity contribution in [1.29, 1.82) is 0 Å². The summed E-state index contributed by atoms with van der Waals surface area (Å²) < 4.78 is 41.0. The SMILES string of the molecule is CCN(c1ccccc1)S(=O)(=O)c1ccc(N2C[C@H](O)C[C@H]2c2ccc(F)cc2)nc1. The van der Waals surface area contributed by atoms with Gasteiger partial charge in [0.1, 0.15) is 16.5 Å². The molecule has 0 radical (unpaired) electrons. The number of hydrogen-bond acceptors (Lipinski definition) is 5. The van der Waals surface area contributed by atoms with Crippen LogP contribution >= 0.6 is 0 Å². The van der Waals surface area contributed by atoms with E-state index in [4.69, 9.17) is 0 Å². The minimum atomic E-state index is -3.76. The molecule has 8 heteroatoms. The van der Waals surface area contributed by atoms with Crippen molar-refractivity contribution in [2.75, 3.05) is 22.3 Å². The van der Waals surface area contributed by atoms with Crippen molar-refractivity contribution >= 4 is 21.5 Å². The van der Waals surface area contributed by atoms with Crippen LogP contribution in [0.2, 0.25) is 0 Å². The lowest BCUT2D eigenvalue weighted by molar-refractivity contribution is 0.194. The number of halogens is 1. The van der Waals surface area contributed by atoms with Gasteiger partial charge in [-0.25, -0.2) is 17.8 Å². The van der Waals surface area contributed by atoms with E-state index in [0.717, 1.165) is 5.56 Å². The summed E-state index contributed by atoms with van der Waals surface area (Å²) in [6, 6.07) is 18.1. The molecule has 1 aliphatic rings. The molecule has 2 atom stereocenters. The number of nitrogens with zero attached hydrogens (tertiary/aromatic N) is 3. The van der Waals surface area contributed by atoms with Crippen LogP contribution in [0.15, 0.2) is 77.8 Å². The highest BCUT2D eigenvalue weighted by Crippen LogP contribution is 2.36. The minimum absolute atomic E-state index is 0.0973. The maximum Gasteiger partial charge on any atom is 0.265 e. The molecule has 3 aromatic rings. The molecule has 31 heavy (non-hydrogen) atoms. The lowest BCUT2D eigenvalue weighted by Crippen LogP contribution is -2.31. The fourth-order valence-electron chi connectivity index (χ4n) is 3.98. The molecule has 1 N–H and O–H groups in total. The molecule has 1 aliphatic heterocycles. The normalized spacial score (nSPS) is 18.9. The van der Waals surface area contributed by atoms with Gasteiger partial charge in [-0.3, -0.25) is 4.31 Å². The van der Waals surface area contributed by atoms with E-state index in [1.165, 1.54) is 28.7 Å². The molecule has 1 fully saturated rings. The zero-order valence-electron chi connectivity index (χ0n) is 17.1. The largest absolute Gasteiger partial charge is 0.391 e. The van der Waals surface area contributed by atoms with Crippen molar-refractivity contribution < 1.29 is 17.9 Å². The Kier molecular flexibility index (Phi) is 5.93. The lowest BCUT2D eigenvalue weighted by atomic mass is 10.0. The quantitative estimate of drug-likeness (QED) is 0.631. The van der Waals surface area contributed by atoms with Crippen molar-refractivity contribution in [2.24, 2.45) is 0 Å². The maximum atomic E-state index is 13.3. The van der Waals surface area contributed by atoms with Gasteiger partial charge in [-0.15, -0.1) is 0 Å². The van der Waals surface area contributed by atoms with Gasteiger partial charge in [-0.1, -0.05) is 30.3 Å². The molecule has 4 rings (SSSR count). The standard InChI is InChI=1S/C23H24FN3O3S/c1-2-27(19-6-4-3-5-7-19)31(29,30)21-12-13-23(25-15-21)26-16-20(28)14-22(26)17-8-10-18(24)11-9-17/h3-13,15,20,22,28H,2,14,16H2,1H3/t20-,22+/m1/s1. The highest BCUT2D eigenvalue weighted by Gasteiger charge is 2.33. The molecule has 1 aromatic heterocycles. The molecule has 0 aliphatic carbocycles. The second-order valence-corrected chi connectivity index (χ2v) is 9.33. The van der Waals surface area contributed by atoms with Gasteiger partial charge in [0.2, 0.25) is 0 Å². The predicted octanol–water partition coefficient (Wildman–Crippen LogP) is 3.75. The maximum absolute atomic E-state index is 13.3. The van der Waals surface area contributed by atoms with E-state index in [-0.39, 0.29) is 16.8 Å². The molecule has 2 aromatic carbocycles. The summed E-state index contributed by atoms with van der Waals surface area (Å²) in [5.41, 5.74) is 1.46. The van der Waals surface area contributed by atoms with Crippen molar-refractivity contribution in [2.45, 2.75) is 30.4 Å². The molecule has 0 bridgehead atoms. The van der Waals surface area contributed by atoms with Gasteiger partial charge in [-0.05, 0) is 55.3 Å². The summed E-state index contributed by atoms with van der Waals surface area (Å²) in [5, 5.41) is 10.2. The van der Waals surface area contributed by atoms with Crippen LogP contribution in [-0.2, 0) is 10.0 Å². The van der Waals surface area contributed by atoms with Crippen LogP contribution in [0, 0.1) is 5.82 Å². The summed E-state index contributed by atoms with van der Waals surface area (Å²) >= 11 is 0. The average molecular weight is 442 g/mol. The van der Waals surface area contributed by atoms with Gasteiger partial charge >= 0.3 is 0 Å². The number of para-hydroxylation sites is 1. The first-order valence-corrected chi connectivity index (χ1v) is 11.6. The number of aliphatic hydroxyl groups is 1. The van der Waals surface area contributed by atoms with Gasteiger partial charge in [0.25, 0.3) is 10.0 Å². The molecular weight excluding hydrogens is 417 g/mol. The zero-order valence-corrected chi connectivity index (χ0v) is 17.9. The number of β-amino-alcohol motifs (C(OH)–C–C–N with tert-alkyl or cyclic N) is 1. The molecule has 0 spiro atoms. The van der Waals surface area contributed by atoms with Gasteiger partial charge in [0, 0.05) is 19.3 Å². The molecule has 0 saturated carbocycles. The Labute approximate surface area is 181 Å². The number of sulfonamides is 1. The third-order valence-electron chi connectivity index (χ3n) is 5.47. The van der Waals surface area contributed by atoms with E-state index in [0.29, 0.717) is 31.0 Å². The average Bonchev–Trinajstić information content (AvgIpc) is 3.17. The van der Waals surface area contributed by atoms with E-state index >= 15 is 0 Å². The third kappa shape index (κ3) is 4.26. The second kappa shape index (κ2) is 8.64.